The van der Waals surface area contributed by atoms with Gasteiger partial charge in [-0.2, -0.15) is 17.5 Å². The fraction of sp³-hybridized carbons (Fsp3) is 0.368. The molecule has 0 aliphatic carbocycles. The van der Waals surface area contributed by atoms with Gasteiger partial charge in [-0.05, 0) is 48.9 Å². The van der Waals surface area contributed by atoms with Crippen LogP contribution in [0.15, 0.2) is 50.7 Å². The Kier molecular flexibility index (Phi) is 7.05. The topological polar surface area (TPSA) is 40.6 Å². The molecular weight excluding hydrogens is 508 g/mol. The molecule has 30 heavy (non-hydrogen) atoms. The SMILES string of the molecule is Cc1cc(F)c(N2CCN(S(=O)(=O)c3ccc(Br)cc3)CC2)cc1SCC(F)(F)F. The molecule has 4 nitrogen and oxygen atoms in total. The Morgan fingerprint density at radius 1 is 1.07 bits per heavy atom. The molecule has 2 aromatic carbocycles. The molecule has 2 aromatic rings. The molecule has 0 N–H and O–H groups in total. The average Bonchev–Trinajstić information content (AvgIpc) is 2.67. The van der Waals surface area contributed by atoms with Crippen LogP contribution in [0.25, 0.3) is 0 Å². The second-order valence-electron chi connectivity index (χ2n) is 6.82. The summed E-state index contributed by atoms with van der Waals surface area (Å²) in [5.41, 5.74) is 0.618. The number of halogens is 5. The molecule has 11 heteroatoms. The van der Waals surface area contributed by atoms with Crippen molar-refractivity contribution in [3.8, 4) is 0 Å². The first-order valence-electron chi connectivity index (χ1n) is 8.98. The highest BCUT2D eigenvalue weighted by Gasteiger charge is 2.30. The van der Waals surface area contributed by atoms with Crippen LogP contribution in [0.1, 0.15) is 5.56 Å². The molecule has 0 spiro atoms. The maximum atomic E-state index is 14.5. The standard InChI is InChI=1S/C19H19BrF4N2O2S2/c1-13-10-16(21)17(11-18(13)29-12-19(22,23)24)25-6-8-26(9-7-25)30(27,28)15-4-2-14(20)3-5-15/h2-5,10-11H,6-9,12H2,1H3. The second-order valence-corrected chi connectivity index (χ2v) is 10.7. The number of anilines is 1. The third kappa shape index (κ3) is 5.49. The third-order valence-electron chi connectivity index (χ3n) is 4.67. The van der Waals surface area contributed by atoms with Gasteiger partial charge in [-0.1, -0.05) is 15.9 Å². The van der Waals surface area contributed by atoms with Crippen molar-refractivity contribution in [1.82, 2.24) is 4.31 Å². The molecule has 1 aliphatic rings. The van der Waals surface area contributed by atoms with E-state index < -0.39 is 27.8 Å². The van der Waals surface area contributed by atoms with Crippen LogP contribution in [0, 0.1) is 12.7 Å². The predicted molar refractivity (Wildman–Crippen MR) is 113 cm³/mol. The average molecular weight is 527 g/mol. The first-order valence-corrected chi connectivity index (χ1v) is 12.2. The van der Waals surface area contributed by atoms with Crippen molar-refractivity contribution in [3.63, 3.8) is 0 Å². The van der Waals surface area contributed by atoms with Crippen molar-refractivity contribution in [3.05, 3.63) is 52.3 Å². The number of aryl methyl sites for hydroxylation is 1. The van der Waals surface area contributed by atoms with Gasteiger partial charge in [0.15, 0.2) is 0 Å². The van der Waals surface area contributed by atoms with E-state index in [1.54, 1.807) is 24.0 Å². The Morgan fingerprint density at radius 3 is 2.23 bits per heavy atom. The minimum atomic E-state index is -4.32. The number of thioether (sulfide) groups is 1. The Morgan fingerprint density at radius 2 is 1.67 bits per heavy atom. The van der Waals surface area contributed by atoms with Gasteiger partial charge >= 0.3 is 6.18 Å². The van der Waals surface area contributed by atoms with Gasteiger partial charge in [-0.15, -0.1) is 11.8 Å². The van der Waals surface area contributed by atoms with E-state index in [9.17, 15) is 26.0 Å². The van der Waals surface area contributed by atoms with Crippen LogP contribution >= 0.6 is 27.7 Å². The Balaban J connectivity index is 1.73. The van der Waals surface area contributed by atoms with E-state index >= 15 is 0 Å². The Hall–Kier alpha value is -1.30. The second kappa shape index (κ2) is 9.05. The summed E-state index contributed by atoms with van der Waals surface area (Å²) in [7, 11) is -3.67. The largest absolute Gasteiger partial charge is 0.398 e. The summed E-state index contributed by atoms with van der Waals surface area (Å²) in [6.07, 6.45) is -4.32. The number of hydrogen-bond acceptors (Lipinski definition) is 4. The minimum Gasteiger partial charge on any atom is -0.366 e. The van der Waals surface area contributed by atoms with E-state index in [1.807, 2.05) is 0 Å². The van der Waals surface area contributed by atoms with E-state index in [4.69, 9.17) is 0 Å². The Bertz CT molecular complexity index is 1010. The van der Waals surface area contributed by atoms with Crippen molar-refractivity contribution in [2.75, 3.05) is 36.8 Å². The summed E-state index contributed by atoms with van der Waals surface area (Å²) in [5, 5.41) is 0. The smallest absolute Gasteiger partial charge is 0.366 e. The van der Waals surface area contributed by atoms with E-state index in [0.717, 1.165) is 4.47 Å². The van der Waals surface area contributed by atoms with Gasteiger partial charge in [0.1, 0.15) is 5.82 Å². The molecule has 1 fully saturated rings. The van der Waals surface area contributed by atoms with Crippen LogP contribution < -0.4 is 4.90 Å². The summed E-state index contributed by atoms with van der Waals surface area (Å²) in [5.74, 6) is -1.59. The van der Waals surface area contributed by atoms with Crippen molar-refractivity contribution < 1.29 is 26.0 Å². The molecule has 0 bridgehead atoms. The number of nitrogens with zero attached hydrogens (tertiary/aromatic N) is 2. The normalized spacial score (nSPS) is 16.1. The number of sulfonamides is 1. The monoisotopic (exact) mass is 526 g/mol. The fourth-order valence-corrected chi connectivity index (χ4v) is 5.61. The van der Waals surface area contributed by atoms with Crippen LogP contribution in [-0.2, 0) is 10.0 Å². The van der Waals surface area contributed by atoms with Gasteiger partial charge in [-0.3, -0.25) is 0 Å². The van der Waals surface area contributed by atoms with E-state index in [0.29, 0.717) is 22.2 Å². The molecule has 164 valence electrons. The molecule has 1 saturated heterocycles. The van der Waals surface area contributed by atoms with Crippen LogP contribution in [-0.4, -0.2) is 50.8 Å². The first-order chi connectivity index (χ1) is 14.0. The number of alkyl halides is 3. The zero-order valence-corrected chi connectivity index (χ0v) is 19.1. The number of benzene rings is 2. The van der Waals surface area contributed by atoms with E-state index in [1.165, 1.54) is 28.6 Å². The van der Waals surface area contributed by atoms with Crippen molar-refractivity contribution in [1.29, 1.82) is 0 Å². The highest BCUT2D eigenvalue weighted by Crippen LogP contribution is 2.34. The molecule has 0 radical (unpaired) electrons. The van der Waals surface area contributed by atoms with E-state index in [2.05, 4.69) is 15.9 Å². The number of rotatable bonds is 5. The van der Waals surface area contributed by atoms with Crippen LogP contribution in [0.4, 0.5) is 23.2 Å². The molecule has 0 amide bonds. The van der Waals surface area contributed by atoms with Crippen LogP contribution in [0.5, 0.6) is 0 Å². The zero-order chi connectivity index (χ0) is 22.1. The van der Waals surface area contributed by atoms with Crippen molar-refractivity contribution in [2.24, 2.45) is 0 Å². The maximum Gasteiger partial charge on any atom is 0.398 e. The lowest BCUT2D eigenvalue weighted by Crippen LogP contribution is -2.48. The zero-order valence-electron chi connectivity index (χ0n) is 15.9. The lowest BCUT2D eigenvalue weighted by molar-refractivity contribution is -0.105. The van der Waals surface area contributed by atoms with Crippen molar-refractivity contribution >= 4 is 43.4 Å². The lowest BCUT2D eigenvalue weighted by Gasteiger charge is -2.35. The van der Waals surface area contributed by atoms with Gasteiger partial charge in [0, 0.05) is 35.5 Å². The molecule has 1 aliphatic heterocycles. The number of piperazine rings is 1. The highest BCUT2D eigenvalue weighted by molar-refractivity contribution is 9.10. The van der Waals surface area contributed by atoms with Gasteiger partial charge in [-0.25, -0.2) is 12.8 Å². The summed E-state index contributed by atoms with van der Waals surface area (Å²) >= 11 is 3.88. The predicted octanol–water partition coefficient (Wildman–Crippen LogP) is 5.06. The van der Waals surface area contributed by atoms with Gasteiger partial charge in [0.2, 0.25) is 10.0 Å². The van der Waals surface area contributed by atoms with Crippen molar-refractivity contribution in [2.45, 2.75) is 22.9 Å². The Labute approximate surface area is 185 Å². The van der Waals surface area contributed by atoms with Crippen LogP contribution in [0.2, 0.25) is 0 Å². The van der Waals surface area contributed by atoms with Gasteiger partial charge in [0.05, 0.1) is 16.3 Å². The summed E-state index contributed by atoms with van der Waals surface area (Å²) in [6, 6.07) is 8.94. The molecule has 1 heterocycles. The number of hydrogen-bond donors (Lipinski definition) is 0. The molecule has 0 saturated carbocycles. The fourth-order valence-electron chi connectivity index (χ4n) is 3.12. The molecule has 0 aromatic heterocycles. The third-order valence-corrected chi connectivity index (χ3v) is 8.33. The summed E-state index contributed by atoms with van der Waals surface area (Å²) in [4.78, 5) is 2.19. The highest BCUT2D eigenvalue weighted by atomic mass is 79.9. The van der Waals surface area contributed by atoms with Crippen LogP contribution in [0.3, 0.4) is 0 Å². The molecular formula is C19H19BrF4N2O2S2. The quantitative estimate of drug-likeness (QED) is 0.403. The van der Waals surface area contributed by atoms with Gasteiger partial charge in [0.25, 0.3) is 0 Å². The maximum absolute atomic E-state index is 14.5. The lowest BCUT2D eigenvalue weighted by atomic mass is 10.2. The molecule has 3 rings (SSSR count). The van der Waals surface area contributed by atoms with Gasteiger partial charge < -0.3 is 4.90 Å². The first kappa shape index (κ1) is 23.4. The summed E-state index contributed by atoms with van der Waals surface area (Å²) in [6.45, 7) is 2.33. The van der Waals surface area contributed by atoms with E-state index in [-0.39, 0.29) is 36.8 Å². The summed E-state index contributed by atoms with van der Waals surface area (Å²) < 4.78 is 79.9. The molecule has 0 atom stereocenters. The molecule has 0 unspecified atom stereocenters. The minimum absolute atomic E-state index is 0.150.